The molecule has 0 saturated heterocycles. The van der Waals surface area contributed by atoms with Crippen molar-refractivity contribution in [3.63, 3.8) is 0 Å². The molecule has 1 N–H and O–H groups in total. The number of phenols is 1. The van der Waals surface area contributed by atoms with E-state index in [1.165, 1.54) is 6.42 Å². The molecule has 0 radical (unpaired) electrons. The number of carbonyl (C=O) groups excluding carboxylic acids is 1. The Morgan fingerprint density at radius 2 is 2.04 bits per heavy atom. The third kappa shape index (κ3) is 3.97. The maximum atomic E-state index is 14.6. The van der Waals surface area contributed by atoms with E-state index in [1.807, 2.05) is 0 Å². The maximum Gasteiger partial charge on any atom is 0.401 e. The molecule has 4 atom stereocenters. The van der Waals surface area contributed by atoms with Crippen LogP contribution in [0, 0.1) is 11.8 Å². The predicted molar refractivity (Wildman–Crippen MR) is 100 cm³/mol. The third-order valence-corrected chi connectivity index (χ3v) is 6.50. The molecule has 27 heavy (non-hydrogen) atoms. The molecule has 1 saturated carbocycles. The predicted octanol–water partition coefficient (Wildman–Crippen LogP) is 6.15. The average molecular weight is 380 g/mol. The Bertz CT molecular complexity index is 701. The summed E-state index contributed by atoms with van der Waals surface area (Å²) in [6.07, 6.45) is 1.53. The van der Waals surface area contributed by atoms with Crippen LogP contribution in [0.5, 0.6) is 11.5 Å². The molecule has 1 aromatic rings. The van der Waals surface area contributed by atoms with Crippen molar-refractivity contribution in [1.29, 1.82) is 0 Å². The first kappa shape index (κ1) is 20.1. The lowest BCUT2D eigenvalue weighted by Gasteiger charge is -2.41. The summed E-state index contributed by atoms with van der Waals surface area (Å²) in [7, 11) is 0. The molecule has 150 valence electrons. The lowest BCUT2D eigenvalue weighted by Crippen LogP contribution is -2.45. The molecule has 3 nitrogen and oxygen atoms in total. The summed E-state index contributed by atoms with van der Waals surface area (Å²) in [6.45, 7) is 6.38. The minimum Gasteiger partial charge on any atom is -0.508 e. The molecule has 3 rings (SSSR count). The molecule has 1 fully saturated rings. The van der Waals surface area contributed by atoms with Crippen LogP contribution in [0.4, 0.5) is 8.78 Å². The smallest absolute Gasteiger partial charge is 0.401 e. The van der Waals surface area contributed by atoms with Gasteiger partial charge in [0.25, 0.3) is 0 Å². The number of aromatic hydroxyl groups is 1. The van der Waals surface area contributed by atoms with Crippen LogP contribution in [0.1, 0.15) is 88.7 Å². The van der Waals surface area contributed by atoms with E-state index in [9.17, 15) is 18.7 Å². The molecule has 4 unspecified atom stereocenters. The molecule has 0 spiro atoms. The van der Waals surface area contributed by atoms with E-state index in [0.717, 1.165) is 24.8 Å². The van der Waals surface area contributed by atoms with E-state index < -0.39 is 17.9 Å². The number of hydrogen-bond acceptors (Lipinski definition) is 3. The van der Waals surface area contributed by atoms with Crippen molar-refractivity contribution in [2.75, 3.05) is 0 Å². The van der Waals surface area contributed by atoms with Crippen molar-refractivity contribution >= 4 is 5.78 Å². The highest BCUT2D eigenvalue weighted by Crippen LogP contribution is 2.55. The first-order valence-electron chi connectivity index (χ1n) is 10.2. The summed E-state index contributed by atoms with van der Waals surface area (Å²) < 4.78 is 34.2. The zero-order chi connectivity index (χ0) is 19.8. The molecule has 1 heterocycles. The number of phenolic OH excluding ortho intramolecular Hbond substituents is 1. The highest BCUT2D eigenvalue weighted by molar-refractivity contribution is 5.81. The number of ketones is 1. The van der Waals surface area contributed by atoms with Gasteiger partial charge in [-0.3, -0.25) is 4.79 Å². The SMILES string of the molecule is CCCCCC(C)C(C)c1cc(O)c2c(c1)OC(F)(F)C1CCC(=O)CC21. The number of Topliss-reactive ketones (excluding diaryl/α,β-unsaturated/α-hetero) is 1. The van der Waals surface area contributed by atoms with Crippen LogP contribution in [-0.2, 0) is 4.79 Å². The van der Waals surface area contributed by atoms with Crippen LogP contribution in [0.15, 0.2) is 12.1 Å². The number of ether oxygens (including phenoxy) is 1. The van der Waals surface area contributed by atoms with Gasteiger partial charge in [-0.25, -0.2) is 0 Å². The van der Waals surface area contributed by atoms with Crippen LogP contribution < -0.4 is 4.74 Å². The number of halogens is 2. The van der Waals surface area contributed by atoms with Gasteiger partial charge in [0.15, 0.2) is 0 Å². The fourth-order valence-electron chi connectivity index (χ4n) is 4.58. The summed E-state index contributed by atoms with van der Waals surface area (Å²) >= 11 is 0. The Labute approximate surface area is 160 Å². The van der Waals surface area contributed by atoms with E-state index in [0.29, 0.717) is 11.5 Å². The molecule has 5 heteroatoms. The monoisotopic (exact) mass is 380 g/mol. The molecule has 0 bridgehead atoms. The van der Waals surface area contributed by atoms with Gasteiger partial charge in [0, 0.05) is 24.3 Å². The van der Waals surface area contributed by atoms with Crippen molar-refractivity contribution in [2.45, 2.75) is 83.7 Å². The van der Waals surface area contributed by atoms with Crippen LogP contribution in [0.25, 0.3) is 0 Å². The number of rotatable bonds is 6. The van der Waals surface area contributed by atoms with Gasteiger partial charge in [-0.05, 0) is 36.0 Å². The lowest BCUT2D eigenvalue weighted by molar-refractivity contribution is -0.234. The first-order valence-corrected chi connectivity index (χ1v) is 10.2. The fraction of sp³-hybridized carbons (Fsp3) is 0.682. The summed E-state index contributed by atoms with van der Waals surface area (Å²) in [5.74, 6) is -1.22. The molecule has 1 aliphatic heterocycles. The average Bonchev–Trinajstić information content (AvgIpc) is 2.59. The Hall–Kier alpha value is -1.65. The molecular weight excluding hydrogens is 350 g/mol. The van der Waals surface area contributed by atoms with Crippen LogP contribution >= 0.6 is 0 Å². The Morgan fingerprint density at radius 3 is 2.74 bits per heavy atom. The van der Waals surface area contributed by atoms with Crippen LogP contribution in [0.2, 0.25) is 0 Å². The topological polar surface area (TPSA) is 46.5 Å². The maximum absolute atomic E-state index is 14.6. The second kappa shape index (κ2) is 7.76. The Balaban J connectivity index is 1.90. The minimum absolute atomic E-state index is 0.0182. The van der Waals surface area contributed by atoms with Gasteiger partial charge >= 0.3 is 6.11 Å². The van der Waals surface area contributed by atoms with Gasteiger partial charge in [-0.1, -0.05) is 46.5 Å². The normalized spacial score (nSPS) is 25.9. The molecule has 0 amide bonds. The third-order valence-electron chi connectivity index (χ3n) is 6.50. The molecular formula is C22H30F2O3. The van der Waals surface area contributed by atoms with E-state index in [-0.39, 0.29) is 42.5 Å². The molecule has 1 aliphatic carbocycles. The lowest BCUT2D eigenvalue weighted by atomic mass is 9.71. The summed E-state index contributed by atoms with van der Waals surface area (Å²) in [6, 6.07) is 3.34. The van der Waals surface area contributed by atoms with Crippen molar-refractivity contribution in [3.05, 3.63) is 23.3 Å². The molecule has 1 aromatic carbocycles. The molecule has 0 aromatic heterocycles. The Morgan fingerprint density at radius 1 is 1.30 bits per heavy atom. The van der Waals surface area contributed by atoms with Gasteiger partial charge in [0.1, 0.15) is 17.3 Å². The van der Waals surface area contributed by atoms with Crippen molar-refractivity contribution in [2.24, 2.45) is 11.8 Å². The van der Waals surface area contributed by atoms with Gasteiger partial charge in [0.2, 0.25) is 0 Å². The van der Waals surface area contributed by atoms with E-state index in [4.69, 9.17) is 4.74 Å². The summed E-state index contributed by atoms with van der Waals surface area (Å²) in [4.78, 5) is 11.9. The van der Waals surface area contributed by atoms with Crippen molar-refractivity contribution in [1.82, 2.24) is 0 Å². The number of fused-ring (bicyclic) bond motifs is 3. The number of alkyl halides is 2. The quantitative estimate of drug-likeness (QED) is 0.602. The summed E-state index contributed by atoms with van der Waals surface area (Å²) in [5, 5.41) is 10.6. The largest absolute Gasteiger partial charge is 0.508 e. The minimum atomic E-state index is -3.31. The van der Waals surface area contributed by atoms with E-state index in [1.54, 1.807) is 12.1 Å². The van der Waals surface area contributed by atoms with Gasteiger partial charge < -0.3 is 9.84 Å². The van der Waals surface area contributed by atoms with Gasteiger partial charge in [0.05, 0.1) is 5.92 Å². The van der Waals surface area contributed by atoms with E-state index >= 15 is 0 Å². The van der Waals surface area contributed by atoms with Crippen LogP contribution in [-0.4, -0.2) is 17.0 Å². The highest BCUT2D eigenvalue weighted by Gasteiger charge is 2.54. The number of unbranched alkanes of at least 4 members (excludes halogenated alkanes) is 2. The van der Waals surface area contributed by atoms with Gasteiger partial charge in [-0.15, -0.1) is 0 Å². The standard InChI is InChI=1S/C22H30F2O3/c1-4-5-6-7-13(2)14(3)15-10-19(26)21-17-12-16(25)8-9-18(17)22(23,24)27-20(21)11-15/h10-11,13-14,17-18,26H,4-9,12H2,1-3H3. The number of benzene rings is 1. The number of hydrogen-bond donors (Lipinski definition) is 1. The van der Waals surface area contributed by atoms with Crippen molar-refractivity contribution in [3.8, 4) is 11.5 Å². The van der Waals surface area contributed by atoms with Crippen molar-refractivity contribution < 1.29 is 23.4 Å². The Kier molecular flexibility index (Phi) is 5.78. The van der Waals surface area contributed by atoms with Gasteiger partial charge in [-0.2, -0.15) is 8.78 Å². The highest BCUT2D eigenvalue weighted by atomic mass is 19.3. The van der Waals surface area contributed by atoms with Crippen LogP contribution in [0.3, 0.4) is 0 Å². The van der Waals surface area contributed by atoms with E-state index in [2.05, 4.69) is 20.8 Å². The fourth-order valence-corrected chi connectivity index (χ4v) is 4.58. The summed E-state index contributed by atoms with van der Waals surface area (Å²) in [5.41, 5.74) is 1.19. The zero-order valence-corrected chi connectivity index (χ0v) is 16.4. The second-order valence-electron chi connectivity index (χ2n) is 8.37. The number of carbonyl (C=O) groups is 1. The molecule has 2 aliphatic rings. The first-order chi connectivity index (χ1) is 12.7. The zero-order valence-electron chi connectivity index (χ0n) is 16.4. The second-order valence-corrected chi connectivity index (χ2v) is 8.37.